The largest absolute Gasteiger partial charge is 0.394 e. The van der Waals surface area contributed by atoms with E-state index in [1.165, 1.54) is 0 Å². The van der Waals surface area contributed by atoms with Gasteiger partial charge in [0.05, 0.1) is 24.9 Å². The van der Waals surface area contributed by atoms with Crippen LogP contribution in [0.5, 0.6) is 0 Å². The second-order valence-electron chi connectivity index (χ2n) is 8.03. The minimum Gasteiger partial charge on any atom is -0.394 e. The molecule has 0 spiro atoms. The molecular formula is C18H33NO10. The molecule has 0 bridgehead atoms. The molecule has 3 rings (SSSR count). The van der Waals surface area contributed by atoms with Crippen LogP contribution in [-0.4, -0.2) is 111 Å². The van der Waals surface area contributed by atoms with Crippen LogP contribution < -0.4 is 5.73 Å². The van der Waals surface area contributed by atoms with Gasteiger partial charge in [0.25, 0.3) is 0 Å². The fourth-order valence-electron chi connectivity index (χ4n) is 4.10. The Morgan fingerprint density at radius 1 is 0.759 bits per heavy atom. The van der Waals surface area contributed by atoms with Crippen molar-refractivity contribution in [1.82, 2.24) is 0 Å². The summed E-state index contributed by atoms with van der Waals surface area (Å²) >= 11 is 0. The van der Waals surface area contributed by atoms with Crippen LogP contribution in [0.4, 0.5) is 0 Å². The number of hydrogen-bond acceptors (Lipinski definition) is 11. The van der Waals surface area contributed by atoms with Gasteiger partial charge in [0.1, 0.15) is 36.6 Å². The molecule has 3 fully saturated rings. The number of rotatable bonds is 6. The van der Waals surface area contributed by atoms with Gasteiger partial charge in [-0.15, -0.1) is 0 Å². The second kappa shape index (κ2) is 10.2. The number of aliphatic hydroxyl groups excluding tert-OH is 6. The first-order valence-corrected chi connectivity index (χ1v) is 10.2. The van der Waals surface area contributed by atoms with Crippen molar-refractivity contribution < 1.29 is 49.6 Å². The van der Waals surface area contributed by atoms with Gasteiger partial charge in [0.2, 0.25) is 0 Å². The first-order valence-electron chi connectivity index (χ1n) is 10.2. The fraction of sp³-hybridized carbons (Fsp3) is 1.00. The minimum absolute atomic E-state index is 0.0318. The van der Waals surface area contributed by atoms with Crippen LogP contribution in [0, 0.1) is 0 Å². The van der Waals surface area contributed by atoms with E-state index in [2.05, 4.69) is 0 Å². The summed E-state index contributed by atoms with van der Waals surface area (Å²) in [5.74, 6) is 0. The van der Waals surface area contributed by atoms with E-state index in [0.29, 0.717) is 19.3 Å². The summed E-state index contributed by atoms with van der Waals surface area (Å²) in [7, 11) is 0. The van der Waals surface area contributed by atoms with Crippen LogP contribution in [-0.2, 0) is 18.9 Å². The van der Waals surface area contributed by atoms with Crippen molar-refractivity contribution in [2.45, 2.75) is 99.6 Å². The molecule has 2 saturated heterocycles. The van der Waals surface area contributed by atoms with Gasteiger partial charge in [-0.1, -0.05) is 0 Å². The third kappa shape index (κ3) is 5.43. The van der Waals surface area contributed by atoms with Gasteiger partial charge in [-0.2, -0.15) is 0 Å². The van der Waals surface area contributed by atoms with Crippen molar-refractivity contribution in [1.29, 1.82) is 0 Å². The van der Waals surface area contributed by atoms with Crippen LogP contribution in [0.3, 0.4) is 0 Å². The monoisotopic (exact) mass is 423 g/mol. The van der Waals surface area contributed by atoms with Gasteiger partial charge in [0, 0.05) is 19.4 Å². The summed E-state index contributed by atoms with van der Waals surface area (Å²) < 4.78 is 22.7. The Kier molecular flexibility index (Phi) is 8.21. The number of aliphatic hydroxyl groups is 6. The van der Waals surface area contributed by atoms with E-state index < -0.39 is 55.3 Å². The third-order valence-electron chi connectivity index (χ3n) is 5.85. The Labute approximate surface area is 168 Å². The summed E-state index contributed by atoms with van der Waals surface area (Å²) in [5, 5.41) is 59.2. The molecule has 2 aliphatic heterocycles. The van der Waals surface area contributed by atoms with E-state index in [1.54, 1.807) is 0 Å². The van der Waals surface area contributed by atoms with E-state index >= 15 is 0 Å². The molecule has 11 atom stereocenters. The lowest BCUT2D eigenvalue weighted by Gasteiger charge is -2.43. The van der Waals surface area contributed by atoms with Gasteiger partial charge in [-0.3, -0.25) is 0 Å². The minimum atomic E-state index is -1.43. The summed E-state index contributed by atoms with van der Waals surface area (Å²) in [6, 6.07) is 0. The standard InChI is InChI=1S/C18H33NO10/c19-6-12-14(23)15(24)16(25)18(28-12)27-9-3-1-2-8(4-9)26-17-11(22)5-10(21)13(7-20)29-17/h8-18,20-25H,1-7,19H2/t8-,9+,10-,11+,12+,13+,14+,15-,16+,17-,18-/m0/s1. The van der Waals surface area contributed by atoms with Crippen molar-refractivity contribution >= 4 is 0 Å². The van der Waals surface area contributed by atoms with Crippen LogP contribution in [0.1, 0.15) is 32.1 Å². The SMILES string of the molecule is NC[C@H]1O[C@H](O[C@@H]2CCC[C@H](O[C@H]3O[C@H](CO)[C@@H](O)C[C@H]3O)C2)[C@H](O)[C@@H](O)[C@@H]1O. The molecule has 11 nitrogen and oxygen atoms in total. The van der Waals surface area contributed by atoms with Crippen molar-refractivity contribution in [3.63, 3.8) is 0 Å². The van der Waals surface area contributed by atoms with Crippen LogP contribution in [0.25, 0.3) is 0 Å². The molecule has 3 aliphatic rings. The lowest BCUT2D eigenvalue weighted by Crippen LogP contribution is -2.60. The molecule has 0 amide bonds. The van der Waals surface area contributed by atoms with Crippen LogP contribution in [0.15, 0.2) is 0 Å². The molecule has 8 N–H and O–H groups in total. The molecule has 1 aliphatic carbocycles. The van der Waals surface area contributed by atoms with Crippen molar-refractivity contribution in [3.8, 4) is 0 Å². The second-order valence-corrected chi connectivity index (χ2v) is 8.03. The molecule has 29 heavy (non-hydrogen) atoms. The van der Waals surface area contributed by atoms with E-state index in [1.807, 2.05) is 0 Å². The predicted molar refractivity (Wildman–Crippen MR) is 96.3 cm³/mol. The predicted octanol–water partition coefficient (Wildman–Crippen LogP) is -3.07. The first-order chi connectivity index (χ1) is 13.8. The molecule has 0 aromatic heterocycles. The Balaban J connectivity index is 1.54. The zero-order valence-electron chi connectivity index (χ0n) is 16.2. The summed E-state index contributed by atoms with van der Waals surface area (Å²) in [6.07, 6.45) is -7.85. The van der Waals surface area contributed by atoms with E-state index in [9.17, 15) is 30.6 Å². The summed E-state index contributed by atoms with van der Waals surface area (Å²) in [4.78, 5) is 0. The highest BCUT2D eigenvalue weighted by molar-refractivity contribution is 4.90. The average molecular weight is 423 g/mol. The first kappa shape index (κ1) is 23.2. The molecule has 1 saturated carbocycles. The Hall–Kier alpha value is -0.440. The van der Waals surface area contributed by atoms with Gasteiger partial charge >= 0.3 is 0 Å². The molecule has 0 aromatic carbocycles. The van der Waals surface area contributed by atoms with Crippen LogP contribution >= 0.6 is 0 Å². The molecule has 0 unspecified atom stereocenters. The maximum absolute atomic E-state index is 10.2. The summed E-state index contributed by atoms with van der Waals surface area (Å²) in [6.45, 7) is -0.409. The molecule has 170 valence electrons. The zero-order chi connectivity index (χ0) is 21.1. The lowest BCUT2D eigenvalue weighted by molar-refractivity contribution is -0.315. The molecular weight excluding hydrogens is 390 g/mol. The Morgan fingerprint density at radius 2 is 1.38 bits per heavy atom. The van der Waals surface area contributed by atoms with Crippen molar-refractivity contribution in [3.05, 3.63) is 0 Å². The van der Waals surface area contributed by atoms with Crippen molar-refractivity contribution in [2.24, 2.45) is 5.73 Å². The maximum atomic E-state index is 10.2. The van der Waals surface area contributed by atoms with Gasteiger partial charge in [-0.05, 0) is 19.3 Å². The van der Waals surface area contributed by atoms with Gasteiger partial charge in [0.15, 0.2) is 12.6 Å². The normalized spacial score (nSPS) is 49.1. The molecule has 0 radical (unpaired) electrons. The topological polar surface area (TPSA) is 184 Å². The number of ether oxygens (including phenoxy) is 4. The average Bonchev–Trinajstić information content (AvgIpc) is 2.70. The zero-order valence-corrected chi connectivity index (χ0v) is 16.2. The van der Waals surface area contributed by atoms with E-state index in [-0.39, 0.29) is 31.8 Å². The van der Waals surface area contributed by atoms with E-state index in [0.717, 1.165) is 6.42 Å². The lowest BCUT2D eigenvalue weighted by atomic mass is 9.94. The highest BCUT2D eigenvalue weighted by Crippen LogP contribution is 2.31. The highest BCUT2D eigenvalue weighted by Gasteiger charge is 2.45. The smallest absolute Gasteiger partial charge is 0.186 e. The van der Waals surface area contributed by atoms with Gasteiger partial charge in [-0.25, -0.2) is 0 Å². The number of nitrogens with two attached hydrogens (primary N) is 1. The highest BCUT2D eigenvalue weighted by atomic mass is 16.7. The quantitative estimate of drug-likeness (QED) is 0.230. The van der Waals surface area contributed by atoms with Gasteiger partial charge < -0.3 is 55.3 Å². The third-order valence-corrected chi connectivity index (χ3v) is 5.85. The molecule has 11 heteroatoms. The Morgan fingerprint density at radius 3 is 2.00 bits per heavy atom. The maximum Gasteiger partial charge on any atom is 0.186 e. The number of hydrogen-bond donors (Lipinski definition) is 7. The molecule has 2 heterocycles. The molecule has 0 aromatic rings. The summed E-state index contributed by atoms with van der Waals surface area (Å²) in [5.41, 5.74) is 5.54. The Bertz CT molecular complexity index is 511. The fourth-order valence-corrected chi connectivity index (χ4v) is 4.10. The van der Waals surface area contributed by atoms with E-state index in [4.69, 9.17) is 24.7 Å². The van der Waals surface area contributed by atoms with Crippen molar-refractivity contribution in [2.75, 3.05) is 13.2 Å². The van der Waals surface area contributed by atoms with Crippen LogP contribution in [0.2, 0.25) is 0 Å².